The van der Waals surface area contributed by atoms with Gasteiger partial charge in [-0.15, -0.1) is 0 Å². The van der Waals surface area contributed by atoms with E-state index in [1.165, 1.54) is 6.07 Å². The third kappa shape index (κ3) is 3.46. The second-order valence-corrected chi connectivity index (χ2v) is 4.82. The van der Waals surface area contributed by atoms with E-state index in [1.807, 2.05) is 37.3 Å². The smallest absolute Gasteiger partial charge is 0.254 e. The van der Waals surface area contributed by atoms with E-state index in [1.54, 1.807) is 6.07 Å². The number of hydrogen-bond donors (Lipinski definition) is 1. The van der Waals surface area contributed by atoms with Gasteiger partial charge in [0.25, 0.3) is 5.91 Å². The Hall–Kier alpha value is -1.58. The molecule has 2 rings (SSSR count). The number of pyridine rings is 1. The largest absolute Gasteiger partial charge is 0.345 e. The van der Waals surface area contributed by atoms with E-state index in [0.29, 0.717) is 5.56 Å². The zero-order chi connectivity index (χ0) is 13.8. The molecule has 1 aromatic heterocycles. The van der Waals surface area contributed by atoms with Crippen molar-refractivity contribution < 1.29 is 4.79 Å². The van der Waals surface area contributed by atoms with Crippen molar-refractivity contribution in [2.24, 2.45) is 0 Å². The maximum atomic E-state index is 12.1. The molecule has 2 aromatic rings. The van der Waals surface area contributed by atoms with Crippen molar-refractivity contribution in [3.63, 3.8) is 0 Å². The first kappa shape index (κ1) is 13.8. The van der Waals surface area contributed by atoms with E-state index in [2.05, 4.69) is 10.3 Å². The minimum atomic E-state index is -0.273. The topological polar surface area (TPSA) is 42.0 Å². The predicted octanol–water partition coefficient (Wildman–Crippen LogP) is 3.88. The van der Waals surface area contributed by atoms with Gasteiger partial charge >= 0.3 is 0 Å². The molecule has 1 heterocycles. The Kier molecular flexibility index (Phi) is 4.40. The minimum absolute atomic E-state index is 0.102. The standard InChI is InChI=1S/C14H12Cl2N2O/c1-9(10-5-3-2-4-6-10)17-14(19)11-7-8-12(15)18-13(11)16/h2-9H,1H3,(H,17,19)/t9-/m0/s1. The molecule has 0 radical (unpaired) electrons. The number of aromatic nitrogens is 1. The van der Waals surface area contributed by atoms with E-state index in [-0.39, 0.29) is 22.3 Å². The Morgan fingerprint density at radius 3 is 2.47 bits per heavy atom. The van der Waals surface area contributed by atoms with E-state index in [4.69, 9.17) is 23.2 Å². The van der Waals surface area contributed by atoms with Crippen LogP contribution in [0.3, 0.4) is 0 Å². The summed E-state index contributed by atoms with van der Waals surface area (Å²) < 4.78 is 0. The van der Waals surface area contributed by atoms with E-state index >= 15 is 0 Å². The lowest BCUT2D eigenvalue weighted by Crippen LogP contribution is -2.27. The van der Waals surface area contributed by atoms with Gasteiger partial charge in [-0.05, 0) is 24.6 Å². The first-order valence-electron chi connectivity index (χ1n) is 5.76. The van der Waals surface area contributed by atoms with Gasteiger partial charge in [-0.25, -0.2) is 4.98 Å². The summed E-state index contributed by atoms with van der Waals surface area (Å²) in [5.74, 6) is -0.273. The maximum Gasteiger partial charge on any atom is 0.254 e. The van der Waals surface area contributed by atoms with Crippen molar-refractivity contribution >= 4 is 29.1 Å². The average Bonchev–Trinajstić information content (AvgIpc) is 2.39. The fourth-order valence-electron chi connectivity index (χ4n) is 1.68. The van der Waals surface area contributed by atoms with Gasteiger partial charge in [0.1, 0.15) is 10.3 Å². The monoisotopic (exact) mass is 294 g/mol. The molecular weight excluding hydrogens is 283 g/mol. The first-order chi connectivity index (χ1) is 9.08. The van der Waals surface area contributed by atoms with Crippen LogP contribution in [0.1, 0.15) is 28.9 Å². The molecule has 1 amide bonds. The van der Waals surface area contributed by atoms with Gasteiger partial charge in [0.2, 0.25) is 0 Å². The summed E-state index contributed by atoms with van der Waals surface area (Å²) in [6, 6.07) is 12.7. The lowest BCUT2D eigenvalue weighted by molar-refractivity contribution is 0.0939. The number of carbonyl (C=O) groups excluding carboxylic acids is 1. The van der Waals surface area contributed by atoms with Crippen molar-refractivity contribution in [3.05, 3.63) is 63.9 Å². The number of benzene rings is 1. The molecular formula is C14H12Cl2N2O. The van der Waals surface area contributed by atoms with Gasteiger partial charge in [-0.3, -0.25) is 4.79 Å². The molecule has 1 atom stereocenters. The number of amides is 1. The molecule has 19 heavy (non-hydrogen) atoms. The molecule has 0 aliphatic heterocycles. The summed E-state index contributed by atoms with van der Waals surface area (Å²) in [4.78, 5) is 15.9. The molecule has 3 nitrogen and oxygen atoms in total. The third-order valence-electron chi connectivity index (χ3n) is 2.71. The number of nitrogens with zero attached hydrogens (tertiary/aromatic N) is 1. The van der Waals surface area contributed by atoms with Crippen LogP contribution in [0.4, 0.5) is 0 Å². The molecule has 0 saturated heterocycles. The van der Waals surface area contributed by atoms with E-state index in [9.17, 15) is 4.79 Å². The molecule has 0 spiro atoms. The SMILES string of the molecule is C[C@H](NC(=O)c1ccc(Cl)nc1Cl)c1ccccc1. The highest BCUT2D eigenvalue weighted by Crippen LogP contribution is 2.18. The fraction of sp³-hybridized carbons (Fsp3) is 0.143. The third-order valence-corrected chi connectivity index (χ3v) is 3.21. The van der Waals surface area contributed by atoms with Crippen LogP contribution in [0.15, 0.2) is 42.5 Å². The number of halogens is 2. The number of nitrogens with one attached hydrogen (secondary N) is 1. The van der Waals surface area contributed by atoms with Gasteiger partial charge in [0.05, 0.1) is 11.6 Å². The summed E-state index contributed by atoms with van der Waals surface area (Å²) in [7, 11) is 0. The normalized spacial score (nSPS) is 11.9. The van der Waals surface area contributed by atoms with Crippen LogP contribution in [-0.2, 0) is 0 Å². The minimum Gasteiger partial charge on any atom is -0.345 e. The zero-order valence-corrected chi connectivity index (χ0v) is 11.7. The summed E-state index contributed by atoms with van der Waals surface area (Å²) >= 11 is 11.6. The van der Waals surface area contributed by atoms with Crippen LogP contribution >= 0.6 is 23.2 Å². The second kappa shape index (κ2) is 6.04. The van der Waals surface area contributed by atoms with Crippen LogP contribution in [0.25, 0.3) is 0 Å². The van der Waals surface area contributed by atoms with Crippen molar-refractivity contribution in [2.45, 2.75) is 13.0 Å². The number of hydrogen-bond acceptors (Lipinski definition) is 2. The maximum absolute atomic E-state index is 12.1. The summed E-state index contributed by atoms with van der Waals surface area (Å²) in [6.45, 7) is 1.91. The highest BCUT2D eigenvalue weighted by Gasteiger charge is 2.15. The highest BCUT2D eigenvalue weighted by atomic mass is 35.5. The first-order valence-corrected chi connectivity index (χ1v) is 6.51. The molecule has 0 unspecified atom stereocenters. The van der Waals surface area contributed by atoms with Gasteiger partial charge in [0.15, 0.2) is 0 Å². The van der Waals surface area contributed by atoms with Crippen molar-refractivity contribution in [1.82, 2.24) is 10.3 Å². The van der Waals surface area contributed by atoms with Gasteiger partial charge < -0.3 is 5.32 Å². The summed E-state index contributed by atoms with van der Waals surface area (Å²) in [6.07, 6.45) is 0. The van der Waals surface area contributed by atoms with Crippen molar-refractivity contribution in [1.29, 1.82) is 0 Å². The molecule has 1 aromatic carbocycles. The Labute approximate surface area is 121 Å². The van der Waals surface area contributed by atoms with Gasteiger partial charge in [0, 0.05) is 0 Å². The molecule has 0 aliphatic rings. The van der Waals surface area contributed by atoms with E-state index < -0.39 is 0 Å². The van der Waals surface area contributed by atoms with Crippen LogP contribution in [-0.4, -0.2) is 10.9 Å². The lowest BCUT2D eigenvalue weighted by atomic mass is 10.1. The summed E-state index contributed by atoms with van der Waals surface area (Å²) in [5, 5.41) is 3.23. The molecule has 0 bridgehead atoms. The second-order valence-electron chi connectivity index (χ2n) is 4.08. The zero-order valence-electron chi connectivity index (χ0n) is 10.2. The Morgan fingerprint density at radius 2 is 1.84 bits per heavy atom. The molecule has 0 fully saturated rings. The predicted molar refractivity (Wildman–Crippen MR) is 76.6 cm³/mol. The average molecular weight is 295 g/mol. The Morgan fingerprint density at radius 1 is 1.16 bits per heavy atom. The van der Waals surface area contributed by atoms with Gasteiger partial charge in [-0.1, -0.05) is 53.5 Å². The Bertz CT molecular complexity index is 587. The van der Waals surface area contributed by atoms with Gasteiger partial charge in [-0.2, -0.15) is 0 Å². The summed E-state index contributed by atoms with van der Waals surface area (Å²) in [5.41, 5.74) is 1.34. The van der Waals surface area contributed by atoms with Crippen LogP contribution in [0, 0.1) is 0 Å². The number of carbonyl (C=O) groups is 1. The fourth-order valence-corrected chi connectivity index (χ4v) is 2.11. The lowest BCUT2D eigenvalue weighted by Gasteiger charge is -2.14. The number of rotatable bonds is 3. The Balaban J connectivity index is 2.13. The molecule has 5 heteroatoms. The molecule has 0 aliphatic carbocycles. The van der Waals surface area contributed by atoms with E-state index in [0.717, 1.165) is 5.56 Å². The van der Waals surface area contributed by atoms with Crippen LogP contribution < -0.4 is 5.32 Å². The van der Waals surface area contributed by atoms with Crippen molar-refractivity contribution in [3.8, 4) is 0 Å². The quantitative estimate of drug-likeness (QED) is 0.873. The molecule has 0 saturated carbocycles. The van der Waals surface area contributed by atoms with Crippen LogP contribution in [0.5, 0.6) is 0 Å². The highest BCUT2D eigenvalue weighted by molar-refractivity contribution is 6.34. The van der Waals surface area contributed by atoms with Crippen molar-refractivity contribution in [2.75, 3.05) is 0 Å². The molecule has 1 N–H and O–H groups in total. The van der Waals surface area contributed by atoms with Crippen LogP contribution in [0.2, 0.25) is 10.3 Å². The molecule has 98 valence electrons.